The zero-order valence-corrected chi connectivity index (χ0v) is 24.1. The summed E-state index contributed by atoms with van der Waals surface area (Å²) in [5.74, 6) is -0.565. The summed E-state index contributed by atoms with van der Waals surface area (Å²) in [7, 11) is -4.10. The first-order valence-corrected chi connectivity index (χ1v) is 14.6. The molecule has 4 nitrogen and oxygen atoms in total. The Morgan fingerprint density at radius 2 is 1.07 bits per heavy atom. The highest BCUT2D eigenvalue weighted by molar-refractivity contribution is 7.89. The number of benzene rings is 3. The Bertz CT molecular complexity index is 1480. The lowest BCUT2D eigenvalue weighted by molar-refractivity contribution is -0.138. The number of hydrogen-bond acceptors (Lipinski definition) is 3. The van der Waals surface area contributed by atoms with E-state index >= 15 is 0 Å². The molecule has 0 N–H and O–H groups in total. The van der Waals surface area contributed by atoms with E-state index < -0.39 is 39.3 Å². The number of carbonyl (C=O) groups excluding carboxylic acids is 1. The van der Waals surface area contributed by atoms with Crippen LogP contribution in [0.25, 0.3) is 12.2 Å². The van der Waals surface area contributed by atoms with Crippen molar-refractivity contribution in [1.29, 1.82) is 0 Å². The highest BCUT2D eigenvalue weighted by Crippen LogP contribution is 2.32. The molecular weight excluding hydrogens is 627 g/mol. The summed E-state index contributed by atoms with van der Waals surface area (Å²) < 4.78 is 106. The quantitative estimate of drug-likeness (QED) is 0.163. The second-order valence-electron chi connectivity index (χ2n) is 9.09. The van der Waals surface area contributed by atoms with Crippen LogP contribution in [0.3, 0.4) is 0 Å². The number of hydrogen-bond donors (Lipinski definition) is 0. The highest BCUT2D eigenvalue weighted by atomic mass is 35.5. The summed E-state index contributed by atoms with van der Waals surface area (Å²) in [6, 6.07) is 14.1. The second kappa shape index (κ2) is 13.5. The smallest absolute Gasteiger partial charge is 0.289 e. The summed E-state index contributed by atoms with van der Waals surface area (Å²) in [6.45, 7) is 1.09. The van der Waals surface area contributed by atoms with Crippen LogP contribution in [0, 0.1) is 6.92 Å². The zero-order chi connectivity index (χ0) is 31.3. The number of alkyl halides is 8. The monoisotopic (exact) mass is 649 g/mol. The Kier molecular flexibility index (Phi) is 10.7. The number of piperidine rings is 1. The molecule has 13 heteroatoms. The van der Waals surface area contributed by atoms with Gasteiger partial charge in [0.15, 0.2) is 5.78 Å². The van der Waals surface area contributed by atoms with Gasteiger partial charge in [0.2, 0.25) is 10.0 Å². The average Bonchev–Trinajstić information content (AvgIpc) is 2.91. The van der Waals surface area contributed by atoms with Gasteiger partial charge in [-0.3, -0.25) is 4.79 Å². The van der Waals surface area contributed by atoms with Gasteiger partial charge in [0, 0.05) is 24.2 Å². The molecule has 3 aromatic rings. The van der Waals surface area contributed by atoms with Crippen LogP contribution in [0.1, 0.15) is 27.8 Å². The van der Waals surface area contributed by atoms with Crippen LogP contribution in [0.4, 0.5) is 26.3 Å². The summed E-state index contributed by atoms with van der Waals surface area (Å²) >= 11 is 9.53. The predicted octanol–water partition coefficient (Wildman–Crippen LogP) is 8.19. The third-order valence-electron chi connectivity index (χ3n) is 6.09. The van der Waals surface area contributed by atoms with Crippen LogP contribution in [0.5, 0.6) is 0 Å². The average molecular weight is 650 g/mol. The number of Topliss-reactive ketones (excluding diaryl/α,β-unsaturated/α-hetero) is 1. The van der Waals surface area contributed by atoms with Crippen molar-refractivity contribution < 1.29 is 39.6 Å². The summed E-state index contributed by atoms with van der Waals surface area (Å²) in [4.78, 5) is 13.3. The largest absolute Gasteiger partial charge is 0.416 e. The van der Waals surface area contributed by atoms with E-state index in [2.05, 4.69) is 0 Å². The van der Waals surface area contributed by atoms with Gasteiger partial charge >= 0.3 is 12.4 Å². The first-order chi connectivity index (χ1) is 19.6. The molecule has 0 amide bonds. The molecule has 1 fully saturated rings. The van der Waals surface area contributed by atoms with Crippen LogP contribution >= 0.6 is 23.2 Å². The van der Waals surface area contributed by atoms with Crippen molar-refractivity contribution >= 4 is 51.2 Å². The molecule has 0 atom stereocenters. The summed E-state index contributed by atoms with van der Waals surface area (Å²) in [5.41, 5.74) is -0.458. The number of aryl methyl sites for hydroxylation is 1. The molecule has 4 rings (SSSR count). The van der Waals surface area contributed by atoms with E-state index in [1.165, 1.54) is 24.3 Å². The molecule has 0 spiro atoms. The van der Waals surface area contributed by atoms with Gasteiger partial charge in [-0.1, -0.05) is 42.0 Å². The van der Waals surface area contributed by atoms with Gasteiger partial charge in [-0.05, 0) is 66.6 Å². The number of carbonyl (C=O) groups is 1. The van der Waals surface area contributed by atoms with Crippen molar-refractivity contribution in [2.75, 3.05) is 18.4 Å². The molecule has 42 heavy (non-hydrogen) atoms. The third kappa shape index (κ3) is 8.47. The first-order valence-electron chi connectivity index (χ1n) is 12.1. The second-order valence-corrected chi connectivity index (χ2v) is 11.8. The Balaban J connectivity index is 0.00000155. The molecule has 1 saturated heterocycles. The van der Waals surface area contributed by atoms with Gasteiger partial charge in [-0.15, -0.1) is 23.2 Å². The van der Waals surface area contributed by atoms with E-state index in [1.54, 1.807) is 19.1 Å². The molecule has 0 aromatic heterocycles. The van der Waals surface area contributed by atoms with Crippen molar-refractivity contribution in [3.8, 4) is 0 Å². The lowest BCUT2D eigenvalue weighted by Crippen LogP contribution is -2.41. The molecule has 1 heterocycles. The molecule has 1 aliphatic heterocycles. The van der Waals surface area contributed by atoms with Gasteiger partial charge in [0.25, 0.3) is 0 Å². The SMILES string of the molecule is Cc1ccc(S(=O)(=O)N2C/C(=C\c3ccc(C(F)(F)F)cc3)C(=O)/C(=C/c3ccc(C(F)(F)F)cc3)C2)cc1.ClCCl. The molecule has 3 aromatic carbocycles. The molecular formula is C29H23Cl2F6NO3S. The Morgan fingerprint density at radius 3 is 1.40 bits per heavy atom. The van der Waals surface area contributed by atoms with Gasteiger partial charge in [-0.2, -0.15) is 30.6 Å². The lowest BCUT2D eigenvalue weighted by atomic mass is 9.95. The fourth-order valence-electron chi connectivity index (χ4n) is 3.98. The molecule has 0 bridgehead atoms. The summed E-state index contributed by atoms with van der Waals surface area (Å²) in [5, 5.41) is 0.194. The van der Waals surface area contributed by atoms with Crippen molar-refractivity contribution in [3.05, 3.63) is 112 Å². The van der Waals surface area contributed by atoms with Gasteiger partial charge < -0.3 is 0 Å². The molecule has 0 aliphatic carbocycles. The first kappa shape index (κ1) is 33.4. The highest BCUT2D eigenvalue weighted by Gasteiger charge is 2.35. The van der Waals surface area contributed by atoms with E-state index in [1.807, 2.05) is 0 Å². The van der Waals surface area contributed by atoms with E-state index in [-0.39, 0.29) is 45.6 Å². The normalized spacial score (nSPS) is 16.8. The zero-order valence-electron chi connectivity index (χ0n) is 21.8. The topological polar surface area (TPSA) is 54.5 Å². The number of ketones is 1. The maximum atomic E-state index is 13.4. The van der Waals surface area contributed by atoms with Gasteiger partial charge in [-0.25, -0.2) is 8.42 Å². The van der Waals surface area contributed by atoms with Gasteiger partial charge in [0.1, 0.15) is 0 Å². The minimum absolute atomic E-state index is 0.00476. The molecule has 0 unspecified atom stereocenters. The Hall–Kier alpha value is -3.12. The van der Waals surface area contributed by atoms with Crippen molar-refractivity contribution in [2.45, 2.75) is 24.2 Å². The molecule has 0 saturated carbocycles. The minimum Gasteiger partial charge on any atom is -0.289 e. The van der Waals surface area contributed by atoms with E-state index in [0.29, 0.717) is 0 Å². The fraction of sp³-hybridized carbons (Fsp3) is 0.207. The van der Waals surface area contributed by atoms with Crippen LogP contribution in [0.2, 0.25) is 0 Å². The summed E-state index contributed by atoms with van der Waals surface area (Å²) in [6.07, 6.45) is -6.49. The van der Waals surface area contributed by atoms with Crippen LogP contribution in [-0.2, 0) is 27.2 Å². The van der Waals surface area contributed by atoms with Crippen molar-refractivity contribution in [2.24, 2.45) is 0 Å². The predicted molar refractivity (Wildman–Crippen MR) is 150 cm³/mol. The Labute approximate surface area is 248 Å². The van der Waals surface area contributed by atoms with Crippen LogP contribution < -0.4 is 0 Å². The number of sulfonamides is 1. The number of rotatable bonds is 4. The minimum atomic E-state index is -4.55. The number of nitrogens with zero attached hydrogens (tertiary/aromatic N) is 1. The molecule has 1 aliphatic rings. The standard InChI is InChI=1S/C28H21F6NO3S.CH2Cl2/c1-18-2-12-25(13-3-18)39(37,38)35-16-21(14-19-4-8-23(9-5-19)27(29,30)31)26(36)22(17-35)15-20-6-10-24(11-7-20)28(32,33)34;2-1-3/h2-15H,16-17H2,1H3;1H2/b21-14+,22-15+;. The van der Waals surface area contributed by atoms with E-state index in [4.69, 9.17) is 23.2 Å². The van der Waals surface area contributed by atoms with Crippen LogP contribution in [0.15, 0.2) is 88.8 Å². The molecule has 0 radical (unpaired) electrons. The fourth-order valence-corrected chi connectivity index (χ4v) is 5.37. The number of halogens is 8. The maximum absolute atomic E-state index is 13.4. The van der Waals surface area contributed by atoms with E-state index in [0.717, 1.165) is 58.4 Å². The van der Waals surface area contributed by atoms with Crippen molar-refractivity contribution in [1.82, 2.24) is 4.31 Å². The Morgan fingerprint density at radius 1 is 0.714 bits per heavy atom. The molecule has 224 valence electrons. The lowest BCUT2D eigenvalue weighted by Gasteiger charge is -2.29. The van der Waals surface area contributed by atoms with Gasteiger partial charge in [0.05, 0.1) is 21.4 Å². The maximum Gasteiger partial charge on any atom is 0.416 e. The third-order valence-corrected chi connectivity index (χ3v) is 7.90. The van der Waals surface area contributed by atoms with Crippen LogP contribution in [-0.4, -0.2) is 36.9 Å². The van der Waals surface area contributed by atoms with E-state index in [9.17, 15) is 39.6 Å². The van der Waals surface area contributed by atoms with Crippen molar-refractivity contribution in [3.63, 3.8) is 0 Å².